The maximum Gasteiger partial charge on any atom is 0.253 e. The van der Waals surface area contributed by atoms with Crippen molar-refractivity contribution in [3.63, 3.8) is 0 Å². The lowest BCUT2D eigenvalue weighted by atomic mass is 10.1. The monoisotopic (exact) mass is 367 g/mol. The summed E-state index contributed by atoms with van der Waals surface area (Å²) in [5.41, 5.74) is 5.13. The Labute approximate surface area is 160 Å². The summed E-state index contributed by atoms with van der Waals surface area (Å²) in [6.45, 7) is 0.440. The molecule has 0 aliphatic carbocycles. The van der Waals surface area contributed by atoms with Gasteiger partial charge in [-0.1, -0.05) is 18.2 Å². The van der Waals surface area contributed by atoms with Gasteiger partial charge in [0.15, 0.2) is 0 Å². The molecular formula is C22H17N5O. The van der Waals surface area contributed by atoms with Gasteiger partial charge in [-0.2, -0.15) is 0 Å². The lowest BCUT2D eigenvalue weighted by Crippen LogP contribution is -2.15. The molecule has 3 heterocycles. The fraction of sp³-hybridized carbons (Fsp3) is 0.0455. The Kier molecular flexibility index (Phi) is 3.87. The van der Waals surface area contributed by atoms with Crippen LogP contribution in [0.3, 0.4) is 0 Å². The van der Waals surface area contributed by atoms with Crippen molar-refractivity contribution in [1.29, 1.82) is 0 Å². The Morgan fingerprint density at radius 1 is 0.929 bits per heavy atom. The molecule has 6 nitrogen and oxygen atoms in total. The van der Waals surface area contributed by atoms with E-state index < -0.39 is 0 Å². The highest BCUT2D eigenvalue weighted by molar-refractivity contribution is 5.82. The van der Waals surface area contributed by atoms with Gasteiger partial charge in [-0.25, -0.2) is 4.98 Å². The Bertz CT molecular complexity index is 1340. The summed E-state index contributed by atoms with van der Waals surface area (Å²) in [5, 5.41) is 4.35. The van der Waals surface area contributed by atoms with Crippen molar-refractivity contribution in [2.75, 3.05) is 5.32 Å². The second kappa shape index (κ2) is 6.66. The third-order valence-electron chi connectivity index (χ3n) is 4.73. The van der Waals surface area contributed by atoms with Crippen molar-refractivity contribution in [3.05, 3.63) is 89.0 Å². The number of aromatic amines is 2. The number of rotatable bonds is 4. The topological polar surface area (TPSA) is 86.5 Å². The fourth-order valence-corrected chi connectivity index (χ4v) is 3.28. The van der Waals surface area contributed by atoms with Gasteiger partial charge in [-0.15, -0.1) is 0 Å². The first-order chi connectivity index (χ1) is 13.8. The highest BCUT2D eigenvalue weighted by Crippen LogP contribution is 2.22. The molecule has 0 bridgehead atoms. The number of pyridine rings is 2. The maximum absolute atomic E-state index is 12.3. The number of benzene rings is 2. The van der Waals surface area contributed by atoms with E-state index in [2.05, 4.69) is 25.3 Å². The van der Waals surface area contributed by atoms with Gasteiger partial charge < -0.3 is 15.3 Å². The minimum atomic E-state index is -0.0762. The van der Waals surface area contributed by atoms with E-state index in [1.807, 2.05) is 60.7 Å². The zero-order valence-corrected chi connectivity index (χ0v) is 14.9. The molecule has 0 spiro atoms. The molecule has 0 aliphatic rings. The molecule has 3 aromatic heterocycles. The van der Waals surface area contributed by atoms with Crippen LogP contribution < -0.4 is 10.9 Å². The third kappa shape index (κ3) is 3.01. The Morgan fingerprint density at radius 2 is 1.86 bits per heavy atom. The molecular weight excluding hydrogens is 350 g/mol. The molecule has 136 valence electrons. The lowest BCUT2D eigenvalue weighted by molar-refractivity contribution is 1.09. The lowest BCUT2D eigenvalue weighted by Gasteiger charge is -2.07. The van der Waals surface area contributed by atoms with Crippen LogP contribution in [0.2, 0.25) is 0 Å². The van der Waals surface area contributed by atoms with Crippen molar-refractivity contribution in [3.8, 4) is 11.4 Å². The van der Waals surface area contributed by atoms with Crippen LogP contribution >= 0.6 is 0 Å². The number of hydrogen-bond acceptors (Lipinski definition) is 4. The van der Waals surface area contributed by atoms with Crippen molar-refractivity contribution < 1.29 is 0 Å². The largest absolute Gasteiger partial charge is 0.381 e. The molecule has 5 aromatic rings. The van der Waals surface area contributed by atoms with Crippen LogP contribution in [0, 0.1) is 0 Å². The van der Waals surface area contributed by atoms with E-state index in [-0.39, 0.29) is 5.56 Å². The van der Waals surface area contributed by atoms with Crippen LogP contribution in [0.4, 0.5) is 5.69 Å². The number of para-hydroxylation sites is 1. The van der Waals surface area contributed by atoms with Gasteiger partial charge in [-0.3, -0.25) is 9.78 Å². The summed E-state index contributed by atoms with van der Waals surface area (Å²) in [7, 11) is 0. The van der Waals surface area contributed by atoms with Gasteiger partial charge in [0.2, 0.25) is 0 Å². The number of aromatic nitrogens is 4. The van der Waals surface area contributed by atoms with Gasteiger partial charge in [0.25, 0.3) is 5.56 Å². The van der Waals surface area contributed by atoms with Crippen molar-refractivity contribution >= 4 is 27.6 Å². The number of hydrogen-bond donors (Lipinski definition) is 3. The molecule has 0 radical (unpaired) electrons. The molecule has 6 heteroatoms. The molecule has 0 saturated heterocycles. The molecule has 2 aromatic carbocycles. The molecule has 0 unspecified atom stereocenters. The summed E-state index contributed by atoms with van der Waals surface area (Å²) in [6.07, 6.45) is 3.52. The van der Waals surface area contributed by atoms with E-state index in [0.717, 1.165) is 39.0 Å². The first-order valence-corrected chi connectivity index (χ1v) is 9.01. The predicted molar refractivity (Wildman–Crippen MR) is 111 cm³/mol. The SMILES string of the molecule is O=c1[nH]c2ccccc2cc1CNc1ccc2nc(-c3cccnc3)[nH]c2c1. The van der Waals surface area contributed by atoms with Crippen LogP contribution in [0.1, 0.15) is 5.56 Å². The molecule has 3 N–H and O–H groups in total. The van der Waals surface area contributed by atoms with E-state index in [4.69, 9.17) is 0 Å². The normalized spacial score (nSPS) is 11.1. The number of nitrogens with one attached hydrogen (secondary N) is 3. The molecule has 0 atom stereocenters. The van der Waals surface area contributed by atoms with Crippen LogP contribution in [0.15, 0.2) is 77.9 Å². The summed E-state index contributed by atoms with van der Waals surface area (Å²) >= 11 is 0. The van der Waals surface area contributed by atoms with Crippen LogP contribution in [0.5, 0.6) is 0 Å². The minimum Gasteiger partial charge on any atom is -0.381 e. The molecule has 0 fully saturated rings. The first kappa shape index (κ1) is 16.3. The summed E-state index contributed by atoms with van der Waals surface area (Å²) < 4.78 is 0. The second-order valence-corrected chi connectivity index (χ2v) is 6.62. The van der Waals surface area contributed by atoms with Gasteiger partial charge >= 0.3 is 0 Å². The van der Waals surface area contributed by atoms with E-state index in [1.165, 1.54) is 0 Å². The minimum absolute atomic E-state index is 0.0762. The van der Waals surface area contributed by atoms with Crippen molar-refractivity contribution in [2.24, 2.45) is 0 Å². The van der Waals surface area contributed by atoms with E-state index in [9.17, 15) is 4.79 Å². The second-order valence-electron chi connectivity index (χ2n) is 6.62. The van der Waals surface area contributed by atoms with E-state index >= 15 is 0 Å². The fourth-order valence-electron chi connectivity index (χ4n) is 3.28. The molecule has 0 amide bonds. The van der Waals surface area contributed by atoms with Crippen LogP contribution in [-0.2, 0) is 6.54 Å². The Morgan fingerprint density at radius 3 is 2.75 bits per heavy atom. The zero-order valence-electron chi connectivity index (χ0n) is 14.9. The van der Waals surface area contributed by atoms with Crippen molar-refractivity contribution in [1.82, 2.24) is 19.9 Å². The Balaban J connectivity index is 1.41. The quantitative estimate of drug-likeness (QED) is 0.447. The number of H-pyrrole nitrogens is 2. The molecule has 0 saturated carbocycles. The zero-order chi connectivity index (χ0) is 18.9. The number of fused-ring (bicyclic) bond motifs is 2. The van der Waals surface area contributed by atoms with Crippen LogP contribution in [0.25, 0.3) is 33.3 Å². The summed E-state index contributed by atoms with van der Waals surface area (Å²) in [6, 6.07) is 19.5. The first-order valence-electron chi connectivity index (χ1n) is 9.01. The highest BCUT2D eigenvalue weighted by atomic mass is 16.1. The highest BCUT2D eigenvalue weighted by Gasteiger charge is 2.07. The average Bonchev–Trinajstić information content (AvgIpc) is 3.16. The number of imidazole rings is 1. The van der Waals surface area contributed by atoms with Gasteiger partial charge in [0.05, 0.1) is 11.0 Å². The maximum atomic E-state index is 12.3. The Hall–Kier alpha value is -3.93. The smallest absolute Gasteiger partial charge is 0.253 e. The predicted octanol–water partition coefficient (Wildman–Crippen LogP) is 4.08. The number of nitrogens with zero attached hydrogens (tertiary/aromatic N) is 2. The van der Waals surface area contributed by atoms with E-state index in [1.54, 1.807) is 12.4 Å². The molecule has 28 heavy (non-hydrogen) atoms. The van der Waals surface area contributed by atoms with Gasteiger partial charge in [0.1, 0.15) is 5.82 Å². The van der Waals surface area contributed by atoms with E-state index in [0.29, 0.717) is 12.1 Å². The summed E-state index contributed by atoms with van der Waals surface area (Å²) in [5.74, 6) is 0.784. The van der Waals surface area contributed by atoms with Crippen LogP contribution in [-0.4, -0.2) is 19.9 Å². The van der Waals surface area contributed by atoms with Crippen molar-refractivity contribution in [2.45, 2.75) is 6.54 Å². The third-order valence-corrected chi connectivity index (χ3v) is 4.73. The van der Waals surface area contributed by atoms with Gasteiger partial charge in [-0.05, 0) is 47.9 Å². The standard InChI is InChI=1S/C22H17N5O/c28-22-16(10-14-4-1-2-6-18(14)27-22)13-24-17-7-8-19-20(11-17)26-21(25-19)15-5-3-9-23-12-15/h1-12,24H,13H2,(H,25,26)(H,27,28). The number of anilines is 1. The van der Waals surface area contributed by atoms with Gasteiger partial charge in [0, 0.05) is 41.3 Å². The molecule has 0 aliphatic heterocycles. The summed E-state index contributed by atoms with van der Waals surface area (Å²) in [4.78, 5) is 27.3. The molecule has 5 rings (SSSR count). The average molecular weight is 367 g/mol.